The molecule has 0 aromatic heterocycles. The lowest BCUT2D eigenvalue weighted by molar-refractivity contribution is 1.63. The summed E-state index contributed by atoms with van der Waals surface area (Å²) in [4.78, 5) is 0. The van der Waals surface area contributed by atoms with Gasteiger partial charge in [-0.2, -0.15) is 0 Å². The highest BCUT2D eigenvalue weighted by Gasteiger charge is 1.95. The number of rotatable bonds is 0. The van der Waals surface area contributed by atoms with Crippen LogP contribution in [0.2, 0.25) is 0 Å². The Kier molecular flexibility index (Phi) is 2.96. The molecular formula is C6H6I2Si. The third-order valence-electron chi connectivity index (χ3n) is 1.14. The second kappa shape index (κ2) is 3.34. The van der Waals surface area contributed by atoms with Crippen LogP contribution in [0.5, 0.6) is 0 Å². The summed E-state index contributed by atoms with van der Waals surface area (Å²) < 4.78 is 2.81. The van der Waals surface area contributed by atoms with Crippen LogP contribution in [0.4, 0.5) is 0 Å². The Morgan fingerprint density at radius 3 is 2.33 bits per heavy atom. The summed E-state index contributed by atoms with van der Waals surface area (Å²) in [7, 11) is 1.16. The fourth-order valence-electron chi connectivity index (χ4n) is 0.612. The Morgan fingerprint density at radius 1 is 1.22 bits per heavy atom. The second-order valence-corrected chi connectivity index (χ2v) is 5.19. The molecule has 9 heavy (non-hydrogen) atoms. The van der Waals surface area contributed by atoms with Crippen LogP contribution in [0.3, 0.4) is 0 Å². The average Bonchev–Trinajstić information content (AvgIpc) is 1.83. The van der Waals surface area contributed by atoms with Crippen LogP contribution in [0.15, 0.2) is 18.2 Å². The smallest absolute Gasteiger partial charge is 0.0399 e. The van der Waals surface area contributed by atoms with Crippen molar-refractivity contribution in [3.8, 4) is 0 Å². The highest BCUT2D eigenvalue weighted by molar-refractivity contribution is 14.1. The molecule has 0 bridgehead atoms. The number of benzene rings is 1. The Balaban J connectivity index is 3.25. The summed E-state index contributed by atoms with van der Waals surface area (Å²) in [5.41, 5.74) is 0. The highest BCUT2D eigenvalue weighted by atomic mass is 127. The van der Waals surface area contributed by atoms with Crippen molar-refractivity contribution in [2.45, 2.75) is 0 Å². The predicted molar refractivity (Wildman–Crippen MR) is 61.4 cm³/mol. The van der Waals surface area contributed by atoms with Crippen molar-refractivity contribution in [3.05, 3.63) is 25.3 Å². The zero-order valence-electron chi connectivity index (χ0n) is 4.99. The normalized spacial score (nSPS) is 10.0. The first kappa shape index (κ1) is 8.00. The van der Waals surface area contributed by atoms with Crippen LogP contribution in [0, 0.1) is 7.14 Å². The molecule has 0 aliphatic heterocycles. The van der Waals surface area contributed by atoms with E-state index < -0.39 is 0 Å². The van der Waals surface area contributed by atoms with Crippen LogP contribution in [0.25, 0.3) is 0 Å². The largest absolute Gasteiger partial charge is 0.0629 e. The first-order chi connectivity index (χ1) is 4.22. The van der Waals surface area contributed by atoms with E-state index in [2.05, 4.69) is 63.4 Å². The molecule has 48 valence electrons. The Labute approximate surface area is 85.1 Å². The maximum atomic E-state index is 2.40. The van der Waals surface area contributed by atoms with Gasteiger partial charge in [-0.1, -0.05) is 17.3 Å². The van der Waals surface area contributed by atoms with Crippen molar-refractivity contribution in [3.63, 3.8) is 0 Å². The van der Waals surface area contributed by atoms with Crippen LogP contribution >= 0.6 is 45.2 Å². The van der Waals surface area contributed by atoms with Gasteiger partial charge in [0.2, 0.25) is 0 Å². The fourth-order valence-corrected chi connectivity index (χ4v) is 2.57. The van der Waals surface area contributed by atoms with Crippen molar-refractivity contribution < 1.29 is 0 Å². The average molecular weight is 360 g/mol. The summed E-state index contributed by atoms with van der Waals surface area (Å²) in [6.07, 6.45) is 0. The standard InChI is InChI=1S/C6H6I2Si/c7-4-2-1-3-5(9)6(4)8/h1-3H,9H3. The lowest BCUT2D eigenvalue weighted by Crippen LogP contribution is -2.07. The molecule has 0 atom stereocenters. The van der Waals surface area contributed by atoms with Gasteiger partial charge in [0.05, 0.1) is 0 Å². The number of halogens is 2. The molecule has 3 heteroatoms. The minimum Gasteiger partial charge on any atom is -0.0629 e. The first-order valence-corrected chi connectivity index (χ1v) is 5.78. The molecule has 1 rings (SSSR count). The van der Waals surface area contributed by atoms with Crippen LogP contribution in [-0.4, -0.2) is 10.2 Å². The summed E-state index contributed by atoms with van der Waals surface area (Å²) in [6, 6.07) is 6.45. The van der Waals surface area contributed by atoms with Gasteiger partial charge in [-0.3, -0.25) is 0 Å². The van der Waals surface area contributed by atoms with Gasteiger partial charge < -0.3 is 0 Å². The molecule has 0 fully saturated rings. The van der Waals surface area contributed by atoms with Crippen LogP contribution < -0.4 is 5.19 Å². The van der Waals surface area contributed by atoms with Gasteiger partial charge in [0, 0.05) is 17.4 Å². The quantitative estimate of drug-likeness (QED) is 0.476. The van der Waals surface area contributed by atoms with E-state index in [4.69, 9.17) is 0 Å². The van der Waals surface area contributed by atoms with Crippen molar-refractivity contribution in [2.24, 2.45) is 0 Å². The van der Waals surface area contributed by atoms with Gasteiger partial charge in [-0.25, -0.2) is 0 Å². The molecule has 0 amide bonds. The third kappa shape index (κ3) is 1.91. The van der Waals surface area contributed by atoms with E-state index >= 15 is 0 Å². The van der Waals surface area contributed by atoms with E-state index in [1.54, 1.807) is 0 Å². The molecule has 0 aliphatic rings. The Bertz CT molecular complexity index is 202. The zero-order valence-corrected chi connectivity index (χ0v) is 11.3. The second-order valence-electron chi connectivity index (χ2n) is 1.87. The highest BCUT2D eigenvalue weighted by Crippen LogP contribution is 2.10. The molecule has 0 aliphatic carbocycles. The van der Waals surface area contributed by atoms with Crippen LogP contribution in [0.1, 0.15) is 0 Å². The lowest BCUT2D eigenvalue weighted by Gasteiger charge is -1.97. The molecular weight excluding hydrogens is 354 g/mol. The van der Waals surface area contributed by atoms with Crippen LogP contribution in [-0.2, 0) is 0 Å². The van der Waals surface area contributed by atoms with E-state index in [1.165, 1.54) is 12.3 Å². The summed E-state index contributed by atoms with van der Waals surface area (Å²) in [5.74, 6) is 0. The topological polar surface area (TPSA) is 0 Å². The molecule has 0 heterocycles. The van der Waals surface area contributed by atoms with Gasteiger partial charge in [-0.15, -0.1) is 0 Å². The minimum atomic E-state index is 1.16. The maximum absolute atomic E-state index is 2.40. The molecule has 0 N–H and O–H groups in total. The minimum absolute atomic E-state index is 1.16. The molecule has 1 aromatic carbocycles. The Hall–Kier alpha value is 0.897. The predicted octanol–water partition coefficient (Wildman–Crippen LogP) is 0.887. The van der Waals surface area contributed by atoms with Gasteiger partial charge in [-0.05, 0) is 51.2 Å². The van der Waals surface area contributed by atoms with Gasteiger partial charge in [0.1, 0.15) is 0 Å². The van der Waals surface area contributed by atoms with E-state index in [1.807, 2.05) is 0 Å². The third-order valence-corrected chi connectivity index (χ3v) is 6.36. The molecule has 1 aromatic rings. The summed E-state index contributed by atoms with van der Waals surface area (Å²) in [5, 5.41) is 1.50. The van der Waals surface area contributed by atoms with E-state index in [9.17, 15) is 0 Å². The number of hydrogen-bond acceptors (Lipinski definition) is 0. The van der Waals surface area contributed by atoms with Gasteiger partial charge >= 0.3 is 0 Å². The van der Waals surface area contributed by atoms with E-state index in [-0.39, 0.29) is 0 Å². The van der Waals surface area contributed by atoms with Crippen molar-refractivity contribution in [1.29, 1.82) is 0 Å². The summed E-state index contributed by atoms with van der Waals surface area (Å²) >= 11 is 4.76. The van der Waals surface area contributed by atoms with Crippen molar-refractivity contribution in [2.75, 3.05) is 0 Å². The van der Waals surface area contributed by atoms with E-state index in [0.717, 1.165) is 10.2 Å². The van der Waals surface area contributed by atoms with Crippen molar-refractivity contribution in [1.82, 2.24) is 0 Å². The lowest BCUT2D eigenvalue weighted by atomic mass is 10.4. The molecule has 0 saturated carbocycles. The number of hydrogen-bond donors (Lipinski definition) is 0. The monoisotopic (exact) mass is 360 g/mol. The molecule has 0 spiro atoms. The zero-order chi connectivity index (χ0) is 6.85. The van der Waals surface area contributed by atoms with Gasteiger partial charge in [0.25, 0.3) is 0 Å². The first-order valence-electron chi connectivity index (χ1n) is 2.62. The van der Waals surface area contributed by atoms with E-state index in [0.29, 0.717) is 0 Å². The van der Waals surface area contributed by atoms with Crippen molar-refractivity contribution >= 4 is 60.6 Å². The Morgan fingerprint density at radius 2 is 1.89 bits per heavy atom. The fraction of sp³-hybridized carbons (Fsp3) is 0. The molecule has 0 unspecified atom stereocenters. The molecule has 0 radical (unpaired) electrons. The molecule has 0 saturated heterocycles. The maximum Gasteiger partial charge on any atom is 0.0399 e. The SMILES string of the molecule is [SiH3]c1cccc(I)c1I. The van der Waals surface area contributed by atoms with Gasteiger partial charge in [0.15, 0.2) is 0 Å². The summed E-state index contributed by atoms with van der Waals surface area (Å²) in [6.45, 7) is 0. The molecule has 0 nitrogen and oxygen atoms in total.